The highest BCUT2D eigenvalue weighted by Gasteiger charge is 2.25. The SMILES string of the molecule is COc1c(N)c2c(c(C)c1C(=O)O)CCCC2. The number of nitrogens with two attached hydrogens (primary N) is 1. The summed E-state index contributed by atoms with van der Waals surface area (Å²) in [5, 5.41) is 9.27. The number of methoxy groups -OCH3 is 1. The van der Waals surface area contributed by atoms with Gasteiger partial charge < -0.3 is 15.6 Å². The van der Waals surface area contributed by atoms with Gasteiger partial charge in [-0.15, -0.1) is 0 Å². The van der Waals surface area contributed by atoms with E-state index in [4.69, 9.17) is 10.5 Å². The number of aromatic carboxylic acids is 1. The zero-order chi connectivity index (χ0) is 12.6. The zero-order valence-corrected chi connectivity index (χ0v) is 10.2. The Bertz CT molecular complexity index is 480. The van der Waals surface area contributed by atoms with E-state index in [2.05, 4.69) is 0 Å². The lowest BCUT2D eigenvalue weighted by Gasteiger charge is -2.24. The molecule has 0 radical (unpaired) electrons. The lowest BCUT2D eigenvalue weighted by molar-refractivity contribution is 0.0692. The molecular formula is C13H17NO3. The van der Waals surface area contributed by atoms with E-state index in [0.29, 0.717) is 11.4 Å². The molecule has 0 unspecified atom stereocenters. The molecule has 0 bridgehead atoms. The number of nitrogen functional groups attached to an aromatic ring is 1. The predicted octanol–water partition coefficient (Wildman–Crippen LogP) is 2.16. The van der Waals surface area contributed by atoms with Gasteiger partial charge in [-0.2, -0.15) is 0 Å². The minimum absolute atomic E-state index is 0.214. The normalized spacial score (nSPS) is 14.2. The molecular weight excluding hydrogens is 218 g/mol. The maximum Gasteiger partial charge on any atom is 0.339 e. The number of hydrogen-bond acceptors (Lipinski definition) is 3. The quantitative estimate of drug-likeness (QED) is 0.770. The average Bonchev–Trinajstić information content (AvgIpc) is 2.33. The molecule has 0 saturated heterocycles. The highest BCUT2D eigenvalue weighted by atomic mass is 16.5. The summed E-state index contributed by atoms with van der Waals surface area (Å²) in [6, 6.07) is 0. The zero-order valence-electron chi connectivity index (χ0n) is 10.2. The molecule has 1 aliphatic carbocycles. The van der Waals surface area contributed by atoms with Gasteiger partial charge in [-0.05, 0) is 49.3 Å². The van der Waals surface area contributed by atoms with Crippen LogP contribution in [0.4, 0.5) is 5.69 Å². The number of benzene rings is 1. The molecule has 0 atom stereocenters. The van der Waals surface area contributed by atoms with Crippen LogP contribution in [0.25, 0.3) is 0 Å². The highest BCUT2D eigenvalue weighted by Crippen LogP contribution is 2.39. The van der Waals surface area contributed by atoms with Gasteiger partial charge >= 0.3 is 5.97 Å². The molecule has 1 aromatic carbocycles. The van der Waals surface area contributed by atoms with Crippen LogP contribution in [0.15, 0.2) is 0 Å². The number of fused-ring (bicyclic) bond motifs is 1. The van der Waals surface area contributed by atoms with Gasteiger partial charge in [-0.3, -0.25) is 0 Å². The van der Waals surface area contributed by atoms with Crippen molar-refractivity contribution in [2.75, 3.05) is 12.8 Å². The van der Waals surface area contributed by atoms with Crippen molar-refractivity contribution >= 4 is 11.7 Å². The smallest absolute Gasteiger partial charge is 0.339 e. The number of carboxylic acids is 1. The van der Waals surface area contributed by atoms with E-state index in [9.17, 15) is 9.90 Å². The summed E-state index contributed by atoms with van der Waals surface area (Å²) < 4.78 is 5.18. The van der Waals surface area contributed by atoms with E-state index in [-0.39, 0.29) is 5.56 Å². The molecule has 1 aromatic rings. The molecule has 0 amide bonds. The molecule has 0 fully saturated rings. The molecule has 17 heavy (non-hydrogen) atoms. The Kier molecular flexibility index (Phi) is 2.96. The predicted molar refractivity (Wildman–Crippen MR) is 65.7 cm³/mol. The fraction of sp³-hybridized carbons (Fsp3) is 0.462. The number of ether oxygens (including phenoxy) is 1. The van der Waals surface area contributed by atoms with Crippen LogP contribution in [0.2, 0.25) is 0 Å². The first-order valence-electron chi connectivity index (χ1n) is 5.79. The second kappa shape index (κ2) is 4.28. The summed E-state index contributed by atoms with van der Waals surface area (Å²) in [6.45, 7) is 1.84. The van der Waals surface area contributed by atoms with Crippen LogP contribution in [0.5, 0.6) is 5.75 Å². The summed E-state index contributed by atoms with van der Waals surface area (Å²) in [6.07, 6.45) is 4.03. The van der Waals surface area contributed by atoms with E-state index in [1.807, 2.05) is 6.92 Å². The van der Waals surface area contributed by atoms with Crippen molar-refractivity contribution in [3.8, 4) is 5.75 Å². The molecule has 4 nitrogen and oxygen atoms in total. The van der Waals surface area contributed by atoms with Crippen LogP contribution < -0.4 is 10.5 Å². The van der Waals surface area contributed by atoms with Gasteiger partial charge in [0.15, 0.2) is 5.75 Å². The molecule has 92 valence electrons. The summed E-state index contributed by atoms with van der Waals surface area (Å²) in [4.78, 5) is 11.3. The number of anilines is 1. The summed E-state index contributed by atoms with van der Waals surface area (Å²) in [7, 11) is 1.47. The van der Waals surface area contributed by atoms with Gasteiger partial charge in [0.2, 0.25) is 0 Å². The van der Waals surface area contributed by atoms with E-state index in [1.54, 1.807) is 0 Å². The van der Waals surface area contributed by atoms with Crippen molar-refractivity contribution in [2.45, 2.75) is 32.6 Å². The van der Waals surface area contributed by atoms with Gasteiger partial charge in [-0.25, -0.2) is 4.79 Å². The molecule has 1 aliphatic rings. The minimum atomic E-state index is -0.973. The van der Waals surface area contributed by atoms with E-state index in [1.165, 1.54) is 7.11 Å². The molecule has 2 rings (SSSR count). The molecule has 0 heterocycles. The van der Waals surface area contributed by atoms with Crippen molar-refractivity contribution < 1.29 is 14.6 Å². The molecule has 0 aromatic heterocycles. The van der Waals surface area contributed by atoms with Crippen molar-refractivity contribution in [1.82, 2.24) is 0 Å². The maximum atomic E-state index is 11.3. The Morgan fingerprint density at radius 2 is 1.88 bits per heavy atom. The van der Waals surface area contributed by atoms with Gasteiger partial charge in [0.1, 0.15) is 5.56 Å². The Balaban J connectivity index is 2.76. The highest BCUT2D eigenvalue weighted by molar-refractivity contribution is 5.96. The van der Waals surface area contributed by atoms with Gasteiger partial charge in [0, 0.05) is 0 Å². The van der Waals surface area contributed by atoms with E-state index >= 15 is 0 Å². The minimum Gasteiger partial charge on any atom is -0.494 e. The van der Waals surface area contributed by atoms with E-state index < -0.39 is 5.97 Å². The second-order valence-corrected chi connectivity index (χ2v) is 4.42. The fourth-order valence-electron chi connectivity index (χ4n) is 2.68. The van der Waals surface area contributed by atoms with Crippen LogP contribution in [0.1, 0.15) is 39.9 Å². The maximum absolute atomic E-state index is 11.3. The molecule has 0 spiro atoms. The second-order valence-electron chi connectivity index (χ2n) is 4.42. The third-order valence-electron chi connectivity index (χ3n) is 3.51. The van der Waals surface area contributed by atoms with Crippen LogP contribution in [-0.4, -0.2) is 18.2 Å². The van der Waals surface area contributed by atoms with E-state index in [0.717, 1.165) is 42.4 Å². The van der Waals surface area contributed by atoms with Gasteiger partial charge in [-0.1, -0.05) is 0 Å². The lowest BCUT2D eigenvalue weighted by atomic mass is 9.84. The van der Waals surface area contributed by atoms with Gasteiger partial charge in [0.25, 0.3) is 0 Å². The summed E-state index contributed by atoms with van der Waals surface area (Å²) >= 11 is 0. The summed E-state index contributed by atoms with van der Waals surface area (Å²) in [5.41, 5.74) is 9.74. The molecule has 0 aliphatic heterocycles. The van der Waals surface area contributed by atoms with Crippen LogP contribution in [0.3, 0.4) is 0 Å². The van der Waals surface area contributed by atoms with Crippen molar-refractivity contribution in [2.24, 2.45) is 0 Å². The van der Waals surface area contributed by atoms with Crippen molar-refractivity contribution in [3.63, 3.8) is 0 Å². The van der Waals surface area contributed by atoms with Crippen LogP contribution in [0, 0.1) is 6.92 Å². The number of carboxylic acid groups (broad SMARTS) is 1. The topological polar surface area (TPSA) is 72.5 Å². The summed E-state index contributed by atoms with van der Waals surface area (Å²) in [5.74, 6) is -0.657. The average molecular weight is 235 g/mol. The standard InChI is InChI=1S/C13H17NO3/c1-7-8-5-3-4-6-9(8)11(14)12(17-2)10(7)13(15)16/h3-6,14H2,1-2H3,(H,15,16). The Labute approximate surface area is 100 Å². The Morgan fingerprint density at radius 3 is 2.41 bits per heavy atom. The van der Waals surface area contributed by atoms with Gasteiger partial charge in [0.05, 0.1) is 12.8 Å². The molecule has 0 saturated carbocycles. The third-order valence-corrected chi connectivity index (χ3v) is 3.51. The van der Waals surface area contributed by atoms with Crippen LogP contribution in [-0.2, 0) is 12.8 Å². The number of rotatable bonds is 2. The number of carbonyl (C=O) groups is 1. The lowest BCUT2D eigenvalue weighted by Crippen LogP contribution is -2.15. The third kappa shape index (κ3) is 1.73. The largest absolute Gasteiger partial charge is 0.494 e. The van der Waals surface area contributed by atoms with Crippen molar-refractivity contribution in [1.29, 1.82) is 0 Å². The first-order chi connectivity index (χ1) is 8.07. The fourth-order valence-corrected chi connectivity index (χ4v) is 2.68. The Morgan fingerprint density at radius 1 is 1.29 bits per heavy atom. The first-order valence-corrected chi connectivity index (χ1v) is 5.79. The monoisotopic (exact) mass is 235 g/mol. The van der Waals surface area contributed by atoms with Crippen molar-refractivity contribution in [3.05, 3.63) is 22.3 Å². The molecule has 4 heteroatoms. The number of hydrogen-bond donors (Lipinski definition) is 2. The Hall–Kier alpha value is -1.71. The molecule has 3 N–H and O–H groups in total. The first kappa shape index (κ1) is 11.8. The van der Waals surface area contributed by atoms with Crippen LogP contribution >= 0.6 is 0 Å².